The zero-order valence-corrected chi connectivity index (χ0v) is 17.7. The van der Waals surface area contributed by atoms with Crippen molar-refractivity contribution in [3.63, 3.8) is 0 Å². The van der Waals surface area contributed by atoms with Crippen molar-refractivity contribution in [1.29, 1.82) is 0 Å². The van der Waals surface area contributed by atoms with E-state index < -0.39 is 0 Å². The first-order valence-corrected chi connectivity index (χ1v) is 10.2. The molecule has 0 unspecified atom stereocenters. The molecular weight excluding hydrogens is 404 g/mol. The molecule has 2 heterocycles. The number of carbonyl (C=O) groups excluding carboxylic acids is 1. The van der Waals surface area contributed by atoms with E-state index in [-0.39, 0.29) is 17.6 Å². The molecule has 1 amide bonds. The molecule has 1 aliphatic heterocycles. The number of benzene rings is 2. The van der Waals surface area contributed by atoms with Gasteiger partial charge in [-0.1, -0.05) is 23.7 Å². The first kappa shape index (κ1) is 20.4. The van der Waals surface area contributed by atoms with E-state index in [9.17, 15) is 4.79 Å². The van der Waals surface area contributed by atoms with Gasteiger partial charge >= 0.3 is 0 Å². The van der Waals surface area contributed by atoms with Crippen LogP contribution in [0, 0.1) is 6.92 Å². The SMILES string of the molecule is COc1cccc2cc(C(=O)NC[C@@H]3CCCO3)c(=Nc3ccc(Cl)c(C)c3)oc12. The monoisotopic (exact) mass is 426 g/mol. The fourth-order valence-electron chi connectivity index (χ4n) is 3.45. The zero-order valence-electron chi connectivity index (χ0n) is 16.9. The number of hydrogen-bond acceptors (Lipinski definition) is 5. The maximum Gasteiger partial charge on any atom is 0.256 e. The lowest BCUT2D eigenvalue weighted by Gasteiger charge is -2.12. The maximum absolute atomic E-state index is 13.0. The molecule has 1 atom stereocenters. The molecule has 0 radical (unpaired) electrons. The van der Waals surface area contributed by atoms with Crippen LogP contribution in [0.15, 0.2) is 51.9 Å². The highest BCUT2D eigenvalue weighted by Gasteiger charge is 2.19. The Morgan fingerprint density at radius 2 is 2.17 bits per heavy atom. The summed E-state index contributed by atoms with van der Waals surface area (Å²) >= 11 is 6.13. The maximum atomic E-state index is 13.0. The van der Waals surface area contributed by atoms with Crippen LogP contribution < -0.4 is 15.6 Å². The van der Waals surface area contributed by atoms with Crippen molar-refractivity contribution >= 4 is 34.2 Å². The highest BCUT2D eigenvalue weighted by Crippen LogP contribution is 2.26. The fourth-order valence-corrected chi connectivity index (χ4v) is 3.57. The number of aryl methyl sites for hydroxylation is 1. The average molecular weight is 427 g/mol. The van der Waals surface area contributed by atoms with Gasteiger partial charge in [0.2, 0.25) is 5.55 Å². The van der Waals surface area contributed by atoms with Crippen LogP contribution in [0.4, 0.5) is 5.69 Å². The van der Waals surface area contributed by atoms with Crippen molar-refractivity contribution in [2.24, 2.45) is 4.99 Å². The van der Waals surface area contributed by atoms with Gasteiger partial charge in [-0.25, -0.2) is 4.99 Å². The number of amides is 1. The summed E-state index contributed by atoms with van der Waals surface area (Å²) < 4.78 is 17.1. The van der Waals surface area contributed by atoms with E-state index >= 15 is 0 Å². The molecule has 0 bridgehead atoms. The number of fused-ring (bicyclic) bond motifs is 1. The molecule has 1 fully saturated rings. The van der Waals surface area contributed by atoms with Crippen molar-refractivity contribution < 1.29 is 18.7 Å². The van der Waals surface area contributed by atoms with Crippen molar-refractivity contribution in [3.8, 4) is 5.75 Å². The summed E-state index contributed by atoms with van der Waals surface area (Å²) in [4.78, 5) is 17.6. The van der Waals surface area contributed by atoms with Crippen molar-refractivity contribution in [3.05, 3.63) is 64.2 Å². The molecular formula is C23H23ClN2O4. The highest BCUT2D eigenvalue weighted by molar-refractivity contribution is 6.31. The Kier molecular flexibility index (Phi) is 6.06. The summed E-state index contributed by atoms with van der Waals surface area (Å²) in [5.41, 5.74) is 2.61. The molecule has 0 aliphatic carbocycles. The molecule has 2 aromatic carbocycles. The van der Waals surface area contributed by atoms with Crippen LogP contribution in [0.5, 0.6) is 5.75 Å². The molecule has 7 heteroatoms. The quantitative estimate of drug-likeness (QED) is 0.649. The number of methoxy groups -OCH3 is 1. The van der Waals surface area contributed by atoms with Crippen LogP contribution in [0.1, 0.15) is 28.8 Å². The number of rotatable bonds is 5. The summed E-state index contributed by atoms with van der Waals surface area (Å²) in [7, 11) is 1.58. The number of hydrogen-bond donors (Lipinski definition) is 1. The Hall–Kier alpha value is -2.83. The highest BCUT2D eigenvalue weighted by atomic mass is 35.5. The molecule has 3 aromatic rings. The third kappa shape index (κ3) is 4.35. The molecule has 0 spiro atoms. The van der Waals surface area contributed by atoms with Gasteiger partial charge in [-0.05, 0) is 55.7 Å². The first-order chi connectivity index (χ1) is 14.5. The van der Waals surface area contributed by atoms with Crippen molar-refractivity contribution in [2.75, 3.05) is 20.3 Å². The van der Waals surface area contributed by atoms with Crippen LogP contribution in [0.3, 0.4) is 0 Å². The van der Waals surface area contributed by atoms with Crippen LogP contribution in [0.2, 0.25) is 5.02 Å². The standard InChI is InChI=1S/C23H23ClN2O4/c1-14-11-16(8-9-19(14)24)26-23-18(22(27)25-13-17-6-4-10-29-17)12-15-5-3-7-20(28-2)21(15)30-23/h3,5,7-9,11-12,17H,4,6,10,13H2,1-2H3,(H,25,27)/t17-/m0/s1. The largest absolute Gasteiger partial charge is 0.493 e. The van der Waals surface area contributed by atoms with Gasteiger partial charge in [0.25, 0.3) is 5.91 Å². The Labute approximate surface area is 179 Å². The Morgan fingerprint density at radius 1 is 1.30 bits per heavy atom. The molecule has 0 saturated carbocycles. The Morgan fingerprint density at radius 3 is 2.90 bits per heavy atom. The fraction of sp³-hybridized carbons (Fsp3) is 0.304. The third-order valence-electron chi connectivity index (χ3n) is 5.09. The minimum Gasteiger partial charge on any atom is -0.493 e. The van der Waals surface area contributed by atoms with Crippen molar-refractivity contribution in [2.45, 2.75) is 25.9 Å². The molecule has 1 aromatic heterocycles. The molecule has 1 saturated heterocycles. The van der Waals surface area contributed by atoms with Gasteiger partial charge in [0.15, 0.2) is 11.3 Å². The van der Waals surface area contributed by atoms with E-state index in [2.05, 4.69) is 10.3 Å². The summed E-state index contributed by atoms with van der Waals surface area (Å²) in [6, 6.07) is 12.7. The van der Waals surface area contributed by atoms with E-state index in [4.69, 9.17) is 25.5 Å². The second-order valence-corrected chi connectivity index (χ2v) is 7.64. The molecule has 30 heavy (non-hydrogen) atoms. The normalized spacial score (nSPS) is 16.8. The third-order valence-corrected chi connectivity index (χ3v) is 5.51. The second kappa shape index (κ2) is 8.90. The smallest absolute Gasteiger partial charge is 0.256 e. The molecule has 1 N–H and O–H groups in total. The van der Waals surface area contributed by atoms with E-state index in [1.165, 1.54) is 0 Å². The Balaban J connectivity index is 1.79. The van der Waals surface area contributed by atoms with Gasteiger partial charge in [0.1, 0.15) is 5.56 Å². The van der Waals surface area contributed by atoms with Gasteiger partial charge < -0.3 is 19.2 Å². The molecule has 4 rings (SSSR count). The number of para-hydroxylation sites is 1. The number of nitrogens with one attached hydrogen (secondary N) is 1. The van der Waals surface area contributed by atoms with E-state index in [1.54, 1.807) is 31.4 Å². The summed E-state index contributed by atoms with van der Waals surface area (Å²) in [5, 5.41) is 4.35. The summed E-state index contributed by atoms with van der Waals surface area (Å²) in [6.45, 7) is 3.09. The first-order valence-electron chi connectivity index (χ1n) is 9.86. The predicted octanol–water partition coefficient (Wildman–Crippen LogP) is 4.54. The summed E-state index contributed by atoms with van der Waals surface area (Å²) in [5.74, 6) is 0.311. The number of nitrogens with zero attached hydrogens (tertiary/aromatic N) is 1. The van der Waals surface area contributed by atoms with Crippen LogP contribution in [-0.2, 0) is 4.74 Å². The van der Waals surface area contributed by atoms with E-state index in [1.807, 2.05) is 25.1 Å². The van der Waals surface area contributed by atoms with Gasteiger partial charge in [-0.2, -0.15) is 0 Å². The van der Waals surface area contributed by atoms with Gasteiger partial charge in [0.05, 0.1) is 18.9 Å². The summed E-state index contributed by atoms with van der Waals surface area (Å²) in [6.07, 6.45) is 2.01. The van der Waals surface area contributed by atoms with Crippen LogP contribution in [0.25, 0.3) is 11.0 Å². The lowest BCUT2D eigenvalue weighted by molar-refractivity contribution is 0.0854. The van der Waals surface area contributed by atoms with Crippen LogP contribution in [-0.4, -0.2) is 32.3 Å². The zero-order chi connectivity index (χ0) is 21.1. The van der Waals surface area contributed by atoms with E-state index in [0.717, 1.165) is 30.4 Å². The topological polar surface area (TPSA) is 73.1 Å². The lowest BCUT2D eigenvalue weighted by atomic mass is 10.1. The average Bonchev–Trinajstić information content (AvgIpc) is 3.27. The van der Waals surface area contributed by atoms with Gasteiger partial charge in [-0.3, -0.25) is 4.79 Å². The number of carbonyl (C=O) groups is 1. The lowest BCUT2D eigenvalue weighted by Crippen LogP contribution is -2.34. The molecule has 6 nitrogen and oxygen atoms in total. The minimum absolute atomic E-state index is 0.0470. The number of halogens is 1. The predicted molar refractivity (Wildman–Crippen MR) is 115 cm³/mol. The Bertz CT molecular complexity index is 1150. The van der Waals surface area contributed by atoms with Crippen LogP contribution >= 0.6 is 11.6 Å². The minimum atomic E-state index is -0.261. The molecule has 1 aliphatic rings. The van der Waals surface area contributed by atoms with Gasteiger partial charge in [-0.15, -0.1) is 0 Å². The van der Waals surface area contributed by atoms with E-state index in [0.29, 0.717) is 34.2 Å². The molecule has 156 valence electrons. The second-order valence-electron chi connectivity index (χ2n) is 7.23. The number of ether oxygens (including phenoxy) is 2. The van der Waals surface area contributed by atoms with Gasteiger partial charge in [0, 0.05) is 23.6 Å². The van der Waals surface area contributed by atoms with Crippen molar-refractivity contribution in [1.82, 2.24) is 5.32 Å².